The Morgan fingerprint density at radius 2 is 2.07 bits per heavy atom. The van der Waals surface area contributed by atoms with E-state index in [1.807, 2.05) is 12.2 Å². The van der Waals surface area contributed by atoms with Crippen LogP contribution in [0.25, 0.3) is 6.08 Å². The van der Waals surface area contributed by atoms with E-state index in [-0.39, 0.29) is 0 Å². The second-order valence-electron chi connectivity index (χ2n) is 3.32. The van der Waals surface area contributed by atoms with E-state index in [1.165, 1.54) is 22.6 Å². The second kappa shape index (κ2) is 4.80. The number of rotatable bonds is 4. The molecular formula is C14H17. The lowest BCUT2D eigenvalue weighted by Gasteiger charge is -2.13. The van der Waals surface area contributed by atoms with E-state index in [1.54, 1.807) is 0 Å². The lowest BCUT2D eigenvalue weighted by molar-refractivity contribution is 1.11. The van der Waals surface area contributed by atoms with E-state index < -0.39 is 0 Å². The molecule has 0 saturated carbocycles. The molecule has 0 heterocycles. The Morgan fingerprint density at radius 1 is 1.36 bits per heavy atom. The zero-order valence-electron chi connectivity index (χ0n) is 9.01. The molecule has 0 nitrogen and oxygen atoms in total. The summed E-state index contributed by atoms with van der Waals surface area (Å²) in [4.78, 5) is 0. The maximum absolute atomic E-state index is 3.87. The summed E-state index contributed by atoms with van der Waals surface area (Å²) in [5.41, 5.74) is 3.83. The molecule has 73 valence electrons. The van der Waals surface area contributed by atoms with E-state index in [0.717, 1.165) is 6.42 Å². The van der Waals surface area contributed by atoms with E-state index >= 15 is 0 Å². The molecule has 0 aliphatic heterocycles. The lowest BCUT2D eigenvalue weighted by Crippen LogP contribution is -1.97. The summed E-state index contributed by atoms with van der Waals surface area (Å²) in [6.07, 6.45) is 4.86. The van der Waals surface area contributed by atoms with E-state index in [0.29, 0.717) is 0 Å². The van der Waals surface area contributed by atoms with Gasteiger partial charge in [-0.1, -0.05) is 50.8 Å². The predicted octanol–water partition coefficient (Wildman–Crippen LogP) is 4.02. The first-order chi connectivity index (χ1) is 6.74. The van der Waals surface area contributed by atoms with Crippen molar-refractivity contribution < 1.29 is 0 Å². The minimum Gasteiger partial charge on any atom is -0.102 e. The van der Waals surface area contributed by atoms with Gasteiger partial charge in [0.05, 0.1) is 0 Å². The minimum absolute atomic E-state index is 1.04. The highest BCUT2D eigenvalue weighted by Crippen LogP contribution is 2.24. The predicted molar refractivity (Wildman–Crippen MR) is 64.1 cm³/mol. The molecule has 0 aliphatic rings. The van der Waals surface area contributed by atoms with Gasteiger partial charge < -0.3 is 0 Å². The summed E-state index contributed by atoms with van der Waals surface area (Å²) in [5.74, 6) is 1.20. The SMILES string of the molecule is C=C[C](C)c1cccc(CC)c1C=C. The van der Waals surface area contributed by atoms with Crippen LogP contribution < -0.4 is 0 Å². The van der Waals surface area contributed by atoms with Gasteiger partial charge in [-0.15, -0.1) is 6.58 Å². The highest BCUT2D eigenvalue weighted by atomic mass is 14.1. The lowest BCUT2D eigenvalue weighted by atomic mass is 9.91. The highest BCUT2D eigenvalue weighted by Gasteiger charge is 2.08. The fourth-order valence-corrected chi connectivity index (χ4v) is 1.62. The zero-order chi connectivity index (χ0) is 10.6. The Labute approximate surface area is 87.0 Å². The van der Waals surface area contributed by atoms with Crippen LogP contribution in [0, 0.1) is 5.92 Å². The van der Waals surface area contributed by atoms with Crippen LogP contribution in [0.1, 0.15) is 30.5 Å². The summed E-state index contributed by atoms with van der Waals surface area (Å²) in [7, 11) is 0. The van der Waals surface area contributed by atoms with Crippen molar-refractivity contribution in [1.29, 1.82) is 0 Å². The van der Waals surface area contributed by atoms with Crippen LogP contribution >= 0.6 is 0 Å². The van der Waals surface area contributed by atoms with Crippen molar-refractivity contribution in [3.05, 3.63) is 60.0 Å². The van der Waals surface area contributed by atoms with Gasteiger partial charge in [-0.3, -0.25) is 0 Å². The molecule has 1 aromatic rings. The Morgan fingerprint density at radius 3 is 2.57 bits per heavy atom. The van der Waals surface area contributed by atoms with E-state index in [2.05, 4.69) is 45.2 Å². The molecule has 0 fully saturated rings. The summed E-state index contributed by atoms with van der Waals surface area (Å²) < 4.78 is 0. The van der Waals surface area contributed by atoms with Crippen LogP contribution in [-0.2, 0) is 6.42 Å². The molecule has 1 rings (SSSR count). The molecule has 0 atom stereocenters. The molecule has 0 unspecified atom stereocenters. The van der Waals surface area contributed by atoms with E-state index in [9.17, 15) is 0 Å². The molecule has 0 aromatic heterocycles. The molecule has 0 heteroatoms. The molecule has 1 aromatic carbocycles. The van der Waals surface area contributed by atoms with Crippen LogP contribution in [0.5, 0.6) is 0 Å². The second-order valence-corrected chi connectivity index (χ2v) is 3.32. The monoisotopic (exact) mass is 185 g/mol. The number of aryl methyl sites for hydroxylation is 1. The molecule has 0 aliphatic carbocycles. The molecule has 0 spiro atoms. The first-order valence-electron chi connectivity index (χ1n) is 4.95. The largest absolute Gasteiger partial charge is 0.102 e. The first-order valence-corrected chi connectivity index (χ1v) is 4.95. The molecule has 0 N–H and O–H groups in total. The fourth-order valence-electron chi connectivity index (χ4n) is 1.62. The molecule has 1 radical (unpaired) electrons. The molecule has 0 bridgehead atoms. The molecule has 0 saturated heterocycles. The average molecular weight is 185 g/mol. The van der Waals surface area contributed by atoms with Gasteiger partial charge in [0.15, 0.2) is 0 Å². The standard InChI is InChI=1S/C14H17/c1-5-11(4)14-10-8-9-12(6-2)13(14)7-3/h5,7-10H,1,3,6H2,2,4H3. The summed E-state index contributed by atoms with van der Waals surface area (Å²) in [5, 5.41) is 0. The Kier molecular flexibility index (Phi) is 3.70. The Balaban J connectivity index is 3.28. The van der Waals surface area contributed by atoms with Crippen LogP contribution in [0.15, 0.2) is 37.4 Å². The molecule has 0 amide bonds. The number of allylic oxidation sites excluding steroid dienone is 1. The summed E-state index contributed by atoms with van der Waals surface area (Å²) >= 11 is 0. The van der Waals surface area contributed by atoms with Gasteiger partial charge in [-0.25, -0.2) is 0 Å². The maximum Gasteiger partial charge on any atom is 0.0236 e. The number of hydrogen-bond donors (Lipinski definition) is 0. The van der Waals surface area contributed by atoms with Crippen molar-refractivity contribution in [3.8, 4) is 0 Å². The van der Waals surface area contributed by atoms with E-state index in [4.69, 9.17) is 0 Å². The third-order valence-corrected chi connectivity index (χ3v) is 2.51. The van der Waals surface area contributed by atoms with Crippen molar-refractivity contribution in [2.75, 3.05) is 0 Å². The third kappa shape index (κ3) is 1.95. The zero-order valence-corrected chi connectivity index (χ0v) is 9.01. The highest BCUT2D eigenvalue weighted by molar-refractivity contribution is 5.61. The number of benzene rings is 1. The average Bonchev–Trinajstić information content (AvgIpc) is 2.26. The Bertz CT molecular complexity index is 334. The van der Waals surface area contributed by atoms with Crippen LogP contribution in [0.4, 0.5) is 0 Å². The van der Waals surface area contributed by atoms with Gasteiger partial charge in [-0.05, 0) is 23.1 Å². The van der Waals surface area contributed by atoms with Gasteiger partial charge in [0.2, 0.25) is 0 Å². The van der Waals surface area contributed by atoms with Gasteiger partial charge in [0, 0.05) is 5.92 Å². The maximum atomic E-state index is 3.87. The van der Waals surface area contributed by atoms with Crippen molar-refractivity contribution in [3.63, 3.8) is 0 Å². The Hall–Kier alpha value is -1.30. The molecular weight excluding hydrogens is 168 g/mol. The minimum atomic E-state index is 1.04. The normalized spacial score (nSPS) is 10.2. The van der Waals surface area contributed by atoms with Crippen molar-refractivity contribution in [1.82, 2.24) is 0 Å². The van der Waals surface area contributed by atoms with Gasteiger partial charge in [0.25, 0.3) is 0 Å². The van der Waals surface area contributed by atoms with Crippen molar-refractivity contribution in [2.45, 2.75) is 20.3 Å². The quantitative estimate of drug-likeness (QED) is 0.664. The third-order valence-electron chi connectivity index (χ3n) is 2.51. The van der Waals surface area contributed by atoms with Crippen molar-refractivity contribution in [2.24, 2.45) is 0 Å². The topological polar surface area (TPSA) is 0 Å². The van der Waals surface area contributed by atoms with Gasteiger partial charge in [0.1, 0.15) is 0 Å². The summed E-state index contributed by atoms with van der Waals surface area (Å²) in [6, 6.07) is 6.36. The molecule has 14 heavy (non-hydrogen) atoms. The fraction of sp³-hybridized carbons (Fsp3) is 0.214. The van der Waals surface area contributed by atoms with Gasteiger partial charge in [-0.2, -0.15) is 0 Å². The van der Waals surface area contributed by atoms with Crippen molar-refractivity contribution >= 4 is 6.08 Å². The first kappa shape index (κ1) is 10.8. The smallest absolute Gasteiger partial charge is 0.0236 e. The van der Waals surface area contributed by atoms with Crippen LogP contribution in [0.3, 0.4) is 0 Å². The summed E-state index contributed by atoms with van der Waals surface area (Å²) in [6.45, 7) is 11.9. The van der Waals surface area contributed by atoms with Crippen LogP contribution in [0.2, 0.25) is 0 Å². The van der Waals surface area contributed by atoms with Crippen LogP contribution in [-0.4, -0.2) is 0 Å². The number of hydrogen-bond acceptors (Lipinski definition) is 0. The van der Waals surface area contributed by atoms with Gasteiger partial charge >= 0.3 is 0 Å².